The van der Waals surface area contributed by atoms with Crippen molar-refractivity contribution in [3.05, 3.63) is 16.1 Å². The molecule has 2 rings (SSSR count). The van der Waals surface area contributed by atoms with Crippen molar-refractivity contribution in [2.75, 3.05) is 13.1 Å². The van der Waals surface area contributed by atoms with Crippen LogP contribution in [0, 0.1) is 12.8 Å². The molecule has 0 radical (unpaired) electrons. The van der Waals surface area contributed by atoms with Crippen LogP contribution in [0.15, 0.2) is 11.2 Å². The smallest absolute Gasteiger partial charge is 0.191 e. The molecular formula is C16H28N4S. The molecule has 0 atom stereocenters. The van der Waals surface area contributed by atoms with Crippen LogP contribution in [0.1, 0.15) is 55.3 Å². The first kappa shape index (κ1) is 16.3. The van der Waals surface area contributed by atoms with E-state index in [4.69, 9.17) is 0 Å². The highest BCUT2D eigenvalue weighted by atomic mass is 32.1. The second-order valence-corrected chi connectivity index (χ2v) is 7.10. The van der Waals surface area contributed by atoms with Crippen LogP contribution in [0.5, 0.6) is 0 Å². The molecular weight excluding hydrogens is 280 g/mol. The van der Waals surface area contributed by atoms with E-state index in [9.17, 15) is 0 Å². The SMILES string of the molecule is CCNC(=NCc1ncc(C)s1)NCCCC1CCCC1. The van der Waals surface area contributed by atoms with Crippen LogP contribution in [0.2, 0.25) is 0 Å². The second-order valence-electron chi connectivity index (χ2n) is 5.78. The molecule has 0 bridgehead atoms. The summed E-state index contributed by atoms with van der Waals surface area (Å²) in [4.78, 5) is 10.2. The number of hydrogen-bond donors (Lipinski definition) is 2. The lowest BCUT2D eigenvalue weighted by Crippen LogP contribution is -2.37. The Hall–Kier alpha value is -1.10. The van der Waals surface area contributed by atoms with Gasteiger partial charge >= 0.3 is 0 Å². The molecule has 1 aliphatic rings. The summed E-state index contributed by atoms with van der Waals surface area (Å²) in [6.07, 6.45) is 10.3. The van der Waals surface area contributed by atoms with Crippen molar-refractivity contribution in [3.63, 3.8) is 0 Å². The number of guanidine groups is 1. The average Bonchev–Trinajstić information content (AvgIpc) is 3.12. The summed E-state index contributed by atoms with van der Waals surface area (Å²) in [7, 11) is 0. The third kappa shape index (κ3) is 6.04. The lowest BCUT2D eigenvalue weighted by atomic mass is 10.0. The van der Waals surface area contributed by atoms with Gasteiger partial charge in [-0.25, -0.2) is 9.98 Å². The first-order chi connectivity index (χ1) is 10.3. The quantitative estimate of drug-likeness (QED) is 0.460. The Morgan fingerprint density at radius 1 is 1.38 bits per heavy atom. The largest absolute Gasteiger partial charge is 0.357 e. The van der Waals surface area contributed by atoms with Gasteiger partial charge in [-0.3, -0.25) is 0 Å². The Morgan fingerprint density at radius 2 is 2.19 bits per heavy atom. The first-order valence-electron chi connectivity index (χ1n) is 8.21. The minimum atomic E-state index is 0.663. The van der Waals surface area contributed by atoms with Crippen LogP contribution >= 0.6 is 11.3 Å². The van der Waals surface area contributed by atoms with E-state index in [2.05, 4.69) is 34.5 Å². The summed E-state index contributed by atoms with van der Waals surface area (Å²) in [5.74, 6) is 1.89. The fourth-order valence-corrected chi connectivity index (χ4v) is 3.57. The maximum Gasteiger partial charge on any atom is 0.191 e. The van der Waals surface area contributed by atoms with Crippen molar-refractivity contribution in [2.45, 2.75) is 58.9 Å². The molecule has 2 N–H and O–H groups in total. The molecule has 1 saturated carbocycles. The lowest BCUT2D eigenvalue weighted by Gasteiger charge is -2.12. The van der Waals surface area contributed by atoms with Gasteiger partial charge in [-0.2, -0.15) is 0 Å². The van der Waals surface area contributed by atoms with Gasteiger partial charge in [-0.1, -0.05) is 25.7 Å². The van der Waals surface area contributed by atoms with Gasteiger partial charge in [0.2, 0.25) is 0 Å². The number of aliphatic imine (C=N–C) groups is 1. The van der Waals surface area contributed by atoms with Crippen molar-refractivity contribution < 1.29 is 0 Å². The van der Waals surface area contributed by atoms with Gasteiger partial charge in [0, 0.05) is 24.2 Å². The summed E-state index contributed by atoms with van der Waals surface area (Å²) in [5, 5.41) is 7.82. The Bertz CT molecular complexity index is 435. The molecule has 0 aliphatic heterocycles. The van der Waals surface area contributed by atoms with Gasteiger partial charge < -0.3 is 10.6 Å². The van der Waals surface area contributed by atoms with Gasteiger partial charge in [0.05, 0.1) is 6.54 Å². The number of aryl methyl sites for hydroxylation is 1. The van der Waals surface area contributed by atoms with E-state index in [1.54, 1.807) is 11.3 Å². The van der Waals surface area contributed by atoms with Gasteiger partial charge in [-0.15, -0.1) is 11.3 Å². The van der Waals surface area contributed by atoms with Crippen molar-refractivity contribution in [2.24, 2.45) is 10.9 Å². The molecule has 1 heterocycles. The van der Waals surface area contributed by atoms with Gasteiger partial charge in [0.1, 0.15) is 5.01 Å². The topological polar surface area (TPSA) is 49.3 Å². The predicted octanol–water partition coefficient (Wildman–Crippen LogP) is 3.48. The summed E-state index contributed by atoms with van der Waals surface area (Å²) in [5.41, 5.74) is 0. The van der Waals surface area contributed by atoms with Gasteiger partial charge in [0.15, 0.2) is 5.96 Å². The molecule has 0 aromatic carbocycles. The summed E-state index contributed by atoms with van der Waals surface area (Å²) >= 11 is 1.72. The molecule has 4 nitrogen and oxygen atoms in total. The van der Waals surface area contributed by atoms with Gasteiger partial charge in [0.25, 0.3) is 0 Å². The van der Waals surface area contributed by atoms with E-state index in [1.165, 1.54) is 43.4 Å². The van der Waals surface area contributed by atoms with Crippen LogP contribution in [0.3, 0.4) is 0 Å². The Labute approximate surface area is 132 Å². The van der Waals surface area contributed by atoms with Crippen molar-refractivity contribution in [1.29, 1.82) is 0 Å². The first-order valence-corrected chi connectivity index (χ1v) is 9.03. The normalized spacial score (nSPS) is 16.4. The van der Waals surface area contributed by atoms with Crippen molar-refractivity contribution in [1.82, 2.24) is 15.6 Å². The Kier molecular flexibility index (Phi) is 7.00. The summed E-state index contributed by atoms with van der Waals surface area (Å²) < 4.78 is 0. The average molecular weight is 308 g/mol. The molecule has 21 heavy (non-hydrogen) atoms. The van der Waals surface area contributed by atoms with Crippen LogP contribution < -0.4 is 10.6 Å². The van der Waals surface area contributed by atoms with E-state index in [-0.39, 0.29) is 0 Å². The minimum absolute atomic E-state index is 0.663. The summed E-state index contributed by atoms with van der Waals surface area (Å²) in [6, 6.07) is 0. The van der Waals surface area contributed by atoms with Crippen LogP contribution in [0.4, 0.5) is 0 Å². The maximum atomic E-state index is 4.61. The lowest BCUT2D eigenvalue weighted by molar-refractivity contribution is 0.481. The zero-order chi connectivity index (χ0) is 14.9. The zero-order valence-corrected chi connectivity index (χ0v) is 14.1. The number of nitrogens with one attached hydrogen (secondary N) is 2. The predicted molar refractivity (Wildman–Crippen MR) is 90.9 cm³/mol. The van der Waals surface area contributed by atoms with Crippen LogP contribution in [-0.2, 0) is 6.54 Å². The fraction of sp³-hybridized carbons (Fsp3) is 0.750. The van der Waals surface area contributed by atoms with Crippen molar-refractivity contribution in [3.8, 4) is 0 Å². The van der Waals surface area contributed by atoms with Crippen LogP contribution in [-0.4, -0.2) is 24.0 Å². The number of aromatic nitrogens is 1. The van der Waals surface area contributed by atoms with E-state index < -0.39 is 0 Å². The molecule has 0 unspecified atom stereocenters. The molecule has 118 valence electrons. The molecule has 1 aromatic rings. The molecule has 5 heteroatoms. The third-order valence-corrected chi connectivity index (χ3v) is 4.84. The Morgan fingerprint density at radius 3 is 2.86 bits per heavy atom. The highest BCUT2D eigenvalue weighted by molar-refractivity contribution is 7.11. The third-order valence-electron chi connectivity index (χ3n) is 3.94. The number of nitrogens with zero attached hydrogens (tertiary/aromatic N) is 2. The van der Waals surface area contributed by atoms with E-state index in [0.717, 1.165) is 30.0 Å². The van der Waals surface area contributed by atoms with Crippen molar-refractivity contribution >= 4 is 17.3 Å². The monoisotopic (exact) mass is 308 g/mol. The summed E-state index contributed by atoms with van der Waals surface area (Å²) in [6.45, 7) is 6.75. The van der Waals surface area contributed by atoms with Gasteiger partial charge in [-0.05, 0) is 32.6 Å². The molecule has 0 saturated heterocycles. The van der Waals surface area contributed by atoms with E-state index in [0.29, 0.717) is 6.54 Å². The fourth-order valence-electron chi connectivity index (χ4n) is 2.86. The number of rotatable bonds is 7. The van der Waals surface area contributed by atoms with E-state index >= 15 is 0 Å². The molecule has 0 spiro atoms. The zero-order valence-electron chi connectivity index (χ0n) is 13.3. The molecule has 1 fully saturated rings. The highest BCUT2D eigenvalue weighted by Crippen LogP contribution is 2.28. The highest BCUT2D eigenvalue weighted by Gasteiger charge is 2.13. The van der Waals surface area contributed by atoms with E-state index in [1.807, 2.05) is 6.20 Å². The molecule has 1 aromatic heterocycles. The number of hydrogen-bond acceptors (Lipinski definition) is 3. The number of thiazole rings is 1. The van der Waals surface area contributed by atoms with Crippen LogP contribution in [0.25, 0.3) is 0 Å². The Balaban J connectivity index is 1.70. The molecule has 1 aliphatic carbocycles. The minimum Gasteiger partial charge on any atom is -0.357 e. The second kappa shape index (κ2) is 9.03. The maximum absolute atomic E-state index is 4.61. The standard InChI is InChI=1S/C16H28N4S/c1-3-17-16(20-12-15-19-11-13(2)21-15)18-10-6-9-14-7-4-5-8-14/h11,14H,3-10,12H2,1-2H3,(H2,17,18,20). The molecule has 0 amide bonds.